The van der Waals surface area contributed by atoms with E-state index in [9.17, 15) is 9.59 Å². The van der Waals surface area contributed by atoms with Crippen LogP contribution in [0.4, 0.5) is 0 Å². The molecular weight excluding hydrogens is 274 g/mol. The number of Topliss-reactive ketones (excluding diaryl/α,β-unsaturated/α-hetero) is 2. The summed E-state index contributed by atoms with van der Waals surface area (Å²) in [6.07, 6.45) is 1.72. The molecule has 1 N–H and O–H groups in total. The molecule has 3 heteroatoms. The Morgan fingerprint density at radius 1 is 0.955 bits per heavy atom. The Labute approximate surface area is 130 Å². The van der Waals surface area contributed by atoms with Crippen LogP contribution in [-0.2, 0) is 9.59 Å². The van der Waals surface area contributed by atoms with Crippen LogP contribution in [0.15, 0.2) is 48.8 Å². The summed E-state index contributed by atoms with van der Waals surface area (Å²) in [6.45, 7) is 8.14. The summed E-state index contributed by atoms with van der Waals surface area (Å²) in [5.74, 6) is 0.350. The molecule has 1 aromatic rings. The molecular formula is C19H19NO2. The van der Waals surface area contributed by atoms with Gasteiger partial charge in [-0.3, -0.25) is 9.59 Å². The topological polar surface area (TPSA) is 46.2 Å². The Kier molecular flexibility index (Phi) is 2.86. The van der Waals surface area contributed by atoms with Crippen molar-refractivity contribution in [1.29, 1.82) is 0 Å². The minimum atomic E-state index is -0.217. The first-order valence-electron chi connectivity index (χ1n) is 7.84. The van der Waals surface area contributed by atoms with Gasteiger partial charge in [-0.25, -0.2) is 0 Å². The van der Waals surface area contributed by atoms with Gasteiger partial charge in [0, 0.05) is 23.2 Å². The van der Waals surface area contributed by atoms with Gasteiger partial charge in [0.25, 0.3) is 0 Å². The van der Waals surface area contributed by atoms with E-state index in [-0.39, 0.29) is 41.7 Å². The summed E-state index contributed by atoms with van der Waals surface area (Å²) < 4.78 is 0. The normalized spacial score (nSPS) is 33.6. The standard InChI is InChI=1S/C19H19NO2/c1-10-7-14(11(2)20-10)15-8-16-17(21)9-18(22)19(16)13-6-4-3-5-12(13)15/h3-6,14-16,19-20H,1-2,7-9H2. The van der Waals surface area contributed by atoms with Gasteiger partial charge in [-0.05, 0) is 29.9 Å². The number of carbonyl (C=O) groups is 2. The van der Waals surface area contributed by atoms with E-state index in [0.717, 1.165) is 29.8 Å². The molecule has 3 nitrogen and oxygen atoms in total. The molecule has 4 rings (SSSR count). The molecule has 2 fully saturated rings. The molecule has 0 aromatic heterocycles. The fraction of sp³-hybridized carbons (Fsp3) is 0.368. The predicted octanol–water partition coefficient (Wildman–Crippen LogP) is 3.05. The molecule has 1 saturated carbocycles. The van der Waals surface area contributed by atoms with Gasteiger partial charge in [0.2, 0.25) is 0 Å². The Morgan fingerprint density at radius 2 is 1.68 bits per heavy atom. The molecule has 1 aliphatic heterocycles. The van der Waals surface area contributed by atoms with Crippen molar-refractivity contribution in [3.8, 4) is 0 Å². The third kappa shape index (κ3) is 1.81. The van der Waals surface area contributed by atoms with Gasteiger partial charge in [0.05, 0.1) is 12.3 Å². The van der Waals surface area contributed by atoms with Crippen LogP contribution in [0, 0.1) is 11.8 Å². The van der Waals surface area contributed by atoms with Crippen molar-refractivity contribution in [1.82, 2.24) is 5.32 Å². The van der Waals surface area contributed by atoms with E-state index < -0.39 is 0 Å². The molecule has 1 heterocycles. The van der Waals surface area contributed by atoms with Gasteiger partial charge < -0.3 is 5.32 Å². The van der Waals surface area contributed by atoms with Crippen molar-refractivity contribution < 1.29 is 9.59 Å². The molecule has 0 spiro atoms. The maximum Gasteiger partial charge on any atom is 0.148 e. The van der Waals surface area contributed by atoms with Crippen molar-refractivity contribution in [2.75, 3.05) is 0 Å². The number of fused-ring (bicyclic) bond motifs is 3. The molecule has 22 heavy (non-hydrogen) atoms. The van der Waals surface area contributed by atoms with Crippen molar-refractivity contribution in [3.63, 3.8) is 0 Å². The molecule has 3 aliphatic rings. The van der Waals surface area contributed by atoms with Gasteiger partial charge in [0.15, 0.2) is 0 Å². The van der Waals surface area contributed by atoms with Gasteiger partial charge in [0.1, 0.15) is 11.6 Å². The second kappa shape index (κ2) is 4.67. The maximum atomic E-state index is 12.3. The van der Waals surface area contributed by atoms with E-state index in [0.29, 0.717) is 0 Å². The van der Waals surface area contributed by atoms with Crippen LogP contribution < -0.4 is 5.32 Å². The summed E-state index contributed by atoms with van der Waals surface area (Å²) in [5.41, 5.74) is 4.25. The summed E-state index contributed by atoms with van der Waals surface area (Å²) in [6, 6.07) is 8.12. The lowest BCUT2D eigenvalue weighted by Gasteiger charge is -2.36. The quantitative estimate of drug-likeness (QED) is 0.810. The van der Waals surface area contributed by atoms with Crippen LogP contribution >= 0.6 is 0 Å². The number of allylic oxidation sites excluding steroid dienone is 2. The molecule has 4 atom stereocenters. The Morgan fingerprint density at radius 3 is 2.36 bits per heavy atom. The Balaban J connectivity index is 1.81. The largest absolute Gasteiger partial charge is 0.363 e. The first-order valence-corrected chi connectivity index (χ1v) is 7.84. The second-order valence-electron chi connectivity index (χ2n) is 6.73. The van der Waals surface area contributed by atoms with Gasteiger partial charge in [-0.2, -0.15) is 0 Å². The lowest BCUT2D eigenvalue weighted by Crippen LogP contribution is -2.29. The highest BCUT2D eigenvalue weighted by molar-refractivity contribution is 6.11. The van der Waals surface area contributed by atoms with Crippen LogP contribution in [0.25, 0.3) is 0 Å². The third-order valence-corrected chi connectivity index (χ3v) is 5.49. The van der Waals surface area contributed by atoms with E-state index in [1.807, 2.05) is 18.2 Å². The summed E-state index contributed by atoms with van der Waals surface area (Å²) in [5, 5.41) is 3.23. The lowest BCUT2D eigenvalue weighted by atomic mass is 9.66. The average molecular weight is 293 g/mol. The number of ketones is 2. The Bertz CT molecular complexity index is 718. The monoisotopic (exact) mass is 293 g/mol. The van der Waals surface area contributed by atoms with Crippen molar-refractivity contribution in [2.45, 2.75) is 31.1 Å². The summed E-state index contributed by atoms with van der Waals surface area (Å²) in [7, 11) is 0. The molecule has 1 saturated heterocycles. The van der Waals surface area contributed by atoms with Crippen LogP contribution in [0.5, 0.6) is 0 Å². The average Bonchev–Trinajstić information content (AvgIpc) is 2.97. The first-order chi connectivity index (χ1) is 10.6. The maximum absolute atomic E-state index is 12.3. The molecule has 4 unspecified atom stereocenters. The Hall–Kier alpha value is -2.16. The highest BCUT2D eigenvalue weighted by Gasteiger charge is 2.49. The fourth-order valence-corrected chi connectivity index (χ4v) is 4.54. The zero-order valence-corrected chi connectivity index (χ0v) is 12.5. The minimum Gasteiger partial charge on any atom is -0.363 e. The van der Waals surface area contributed by atoms with E-state index in [1.54, 1.807) is 0 Å². The van der Waals surface area contributed by atoms with Gasteiger partial charge in [-0.1, -0.05) is 37.4 Å². The van der Waals surface area contributed by atoms with E-state index in [4.69, 9.17) is 0 Å². The minimum absolute atomic E-state index is 0.0914. The zero-order valence-electron chi connectivity index (χ0n) is 12.5. The number of benzene rings is 1. The van der Waals surface area contributed by atoms with Crippen molar-refractivity contribution in [2.24, 2.45) is 11.8 Å². The predicted molar refractivity (Wildman–Crippen MR) is 84.2 cm³/mol. The van der Waals surface area contributed by atoms with Crippen LogP contribution in [0.2, 0.25) is 0 Å². The molecule has 0 amide bonds. The SMILES string of the molecule is C=C1CC(C2CC3C(=O)CC(=O)C3c3ccccc32)C(=C)N1. The van der Waals surface area contributed by atoms with Crippen molar-refractivity contribution in [3.05, 3.63) is 59.9 Å². The number of hydrogen-bond acceptors (Lipinski definition) is 3. The highest BCUT2D eigenvalue weighted by Crippen LogP contribution is 2.52. The zero-order chi connectivity index (χ0) is 15.4. The first kappa shape index (κ1) is 13.5. The number of carbonyl (C=O) groups excluding carboxylic acids is 2. The number of rotatable bonds is 1. The van der Waals surface area contributed by atoms with Crippen LogP contribution in [-0.4, -0.2) is 11.6 Å². The third-order valence-electron chi connectivity index (χ3n) is 5.49. The fourth-order valence-electron chi connectivity index (χ4n) is 4.54. The number of hydrogen-bond donors (Lipinski definition) is 1. The van der Waals surface area contributed by atoms with Crippen LogP contribution in [0.1, 0.15) is 42.2 Å². The second-order valence-corrected chi connectivity index (χ2v) is 6.73. The molecule has 1 aromatic carbocycles. The molecule has 0 radical (unpaired) electrons. The van der Waals surface area contributed by atoms with E-state index in [2.05, 4.69) is 24.5 Å². The van der Waals surface area contributed by atoms with E-state index in [1.165, 1.54) is 5.56 Å². The number of nitrogens with one attached hydrogen (secondary N) is 1. The summed E-state index contributed by atoms with van der Waals surface area (Å²) in [4.78, 5) is 24.5. The highest BCUT2D eigenvalue weighted by atomic mass is 16.2. The van der Waals surface area contributed by atoms with Gasteiger partial charge >= 0.3 is 0 Å². The van der Waals surface area contributed by atoms with Gasteiger partial charge in [-0.15, -0.1) is 0 Å². The van der Waals surface area contributed by atoms with Crippen LogP contribution in [0.3, 0.4) is 0 Å². The molecule has 2 aliphatic carbocycles. The summed E-state index contributed by atoms with van der Waals surface area (Å²) >= 11 is 0. The van der Waals surface area contributed by atoms with Crippen molar-refractivity contribution >= 4 is 11.6 Å². The molecule has 112 valence electrons. The lowest BCUT2D eigenvalue weighted by molar-refractivity contribution is -0.122. The van der Waals surface area contributed by atoms with E-state index >= 15 is 0 Å². The smallest absolute Gasteiger partial charge is 0.148 e. The molecule has 0 bridgehead atoms.